The van der Waals surface area contributed by atoms with E-state index in [1.54, 1.807) is 61.5 Å². The number of hydrogen-bond donors (Lipinski definition) is 1. The number of allylic oxidation sites excluding steroid dienone is 8. The topological polar surface area (TPSA) is 272 Å². The number of carboxylic acid groups (broad SMARTS) is 1. The standard InChI is InChI=1S/C49H57F3N2O14S4.3Na/c1-48(2)36-28-33(71(63,64)65)18-20-40(36)53(24-7-9-26-69(57,58)59)42(48)22-16-31-12-11-13-32(45(31)46-39(51)30-38(50)35(47(46)52)14-5-6-15-44(55)56)17-23-43-49(3,4)37-29-34(72(66,67)68)19-21-41(37)54(43)25-8-10-27-70(60,61)62;;;/h16-23,28-30H,5-15,24-27H2,1-4H3,(H4-,55,56,57,58,59,60,61,62,63,64,65,66,67,68);;;/q;3*+1/p-3. The van der Waals surface area contributed by atoms with Crippen molar-refractivity contribution in [1.82, 2.24) is 0 Å². The molecule has 0 amide bonds. The number of halogens is 3. The molecule has 26 heteroatoms. The largest absolute Gasteiger partial charge is 1.00 e. The van der Waals surface area contributed by atoms with Crippen molar-refractivity contribution in [3.05, 3.63) is 123 Å². The number of carbonyl (C=O) groups is 1. The molecule has 0 fully saturated rings. The SMILES string of the molecule is CC1(C)C(/C=C/C2=C(c3c(F)cc(F)c(CCCCC(=O)O)c3F)C(=C/C=C3/N(CCCCS(=O)(=O)[O-])c4ccc(S(=O)(=O)[O-])cc4C3(C)C)/CCC2)=[N+](CCCCS(=O)(=O)[O-])c2ccc(S(=O)(=O)[O-])cc21.[Na+].[Na+].[Na+]. The molecule has 3 aliphatic rings. The molecule has 1 N–H and O–H groups in total. The molecule has 16 nitrogen and oxygen atoms in total. The molecule has 2 aliphatic heterocycles. The van der Waals surface area contributed by atoms with Gasteiger partial charge in [0.05, 0.1) is 41.0 Å². The molecule has 6 rings (SSSR count). The summed E-state index contributed by atoms with van der Waals surface area (Å²) in [4.78, 5) is 12.0. The van der Waals surface area contributed by atoms with E-state index >= 15 is 13.2 Å². The molecule has 0 bridgehead atoms. The second-order valence-corrected chi connectivity index (χ2v) is 24.9. The Morgan fingerprint density at radius 2 is 1.29 bits per heavy atom. The average molecular weight is 1150 g/mol. The third-order valence-electron chi connectivity index (χ3n) is 13.4. The van der Waals surface area contributed by atoms with Crippen LogP contribution in [0.25, 0.3) is 5.57 Å². The van der Waals surface area contributed by atoms with E-state index in [0.29, 0.717) is 57.5 Å². The van der Waals surface area contributed by atoms with Gasteiger partial charge in [-0.05, 0) is 130 Å². The van der Waals surface area contributed by atoms with Gasteiger partial charge in [0, 0.05) is 77.0 Å². The first kappa shape index (κ1) is 67.3. The second kappa shape index (κ2) is 26.5. The van der Waals surface area contributed by atoms with Crippen LogP contribution in [-0.4, -0.2) is 97.8 Å². The molecule has 0 radical (unpaired) electrons. The predicted molar refractivity (Wildman–Crippen MR) is 257 cm³/mol. The van der Waals surface area contributed by atoms with Gasteiger partial charge < -0.3 is 28.2 Å². The van der Waals surface area contributed by atoms with Crippen LogP contribution in [0.2, 0.25) is 0 Å². The van der Waals surface area contributed by atoms with Crippen LogP contribution < -0.4 is 93.6 Å². The number of nitrogens with zero attached hydrogens (tertiary/aromatic N) is 2. The van der Waals surface area contributed by atoms with Gasteiger partial charge in [-0.15, -0.1) is 0 Å². The molecule has 392 valence electrons. The van der Waals surface area contributed by atoms with Gasteiger partial charge in [-0.1, -0.05) is 26.0 Å². The Morgan fingerprint density at radius 1 is 0.707 bits per heavy atom. The number of rotatable bonds is 21. The first-order chi connectivity index (χ1) is 33.3. The first-order valence-corrected chi connectivity index (χ1v) is 29.0. The van der Waals surface area contributed by atoms with Crippen molar-refractivity contribution < 1.29 is 168 Å². The zero-order chi connectivity index (χ0) is 53.4. The van der Waals surface area contributed by atoms with Gasteiger partial charge in [0.25, 0.3) is 0 Å². The zero-order valence-electron chi connectivity index (χ0n) is 42.9. The summed E-state index contributed by atoms with van der Waals surface area (Å²) < 4.78 is 193. The molecule has 0 spiro atoms. The molecular formula is C49H54F3N2Na3O14S4. The Morgan fingerprint density at radius 3 is 1.88 bits per heavy atom. The number of unbranched alkanes of at least 4 members (excludes halogenated alkanes) is 3. The Bertz CT molecular complexity index is 3320. The van der Waals surface area contributed by atoms with E-state index in [2.05, 4.69) is 0 Å². The van der Waals surface area contributed by atoms with Crippen LogP contribution in [0.3, 0.4) is 0 Å². The summed E-state index contributed by atoms with van der Waals surface area (Å²) in [6.07, 6.45) is 7.24. The van der Waals surface area contributed by atoms with Gasteiger partial charge in [-0.25, -0.2) is 46.8 Å². The van der Waals surface area contributed by atoms with Crippen molar-refractivity contribution in [2.75, 3.05) is 29.5 Å². The summed E-state index contributed by atoms with van der Waals surface area (Å²) in [7, 11) is -18.9. The number of fused-ring (bicyclic) bond motifs is 2. The Kier molecular flexibility index (Phi) is 23.8. The number of anilines is 1. The van der Waals surface area contributed by atoms with Gasteiger partial charge in [0.2, 0.25) is 5.69 Å². The van der Waals surface area contributed by atoms with Crippen LogP contribution in [0, 0.1) is 17.5 Å². The van der Waals surface area contributed by atoms with Crippen molar-refractivity contribution >= 4 is 69.1 Å². The van der Waals surface area contributed by atoms with E-state index in [1.807, 2.05) is 0 Å². The number of hydrogen-bond acceptors (Lipinski definition) is 14. The smallest absolute Gasteiger partial charge is 0.748 e. The maximum Gasteiger partial charge on any atom is 1.00 e. The van der Waals surface area contributed by atoms with Crippen LogP contribution in [-0.2, 0) is 62.5 Å². The van der Waals surface area contributed by atoms with E-state index in [-0.39, 0.29) is 172 Å². The number of carboxylic acids is 1. The quantitative estimate of drug-likeness (QED) is 0.0554. The first-order valence-electron chi connectivity index (χ1n) is 23.0. The fourth-order valence-corrected chi connectivity index (χ4v) is 11.9. The fourth-order valence-electron chi connectivity index (χ4n) is 9.81. The van der Waals surface area contributed by atoms with Crippen molar-refractivity contribution in [2.45, 2.75) is 119 Å². The zero-order valence-corrected chi connectivity index (χ0v) is 52.1. The minimum Gasteiger partial charge on any atom is -0.748 e. The number of aliphatic carboxylic acids is 1. The van der Waals surface area contributed by atoms with Gasteiger partial charge >= 0.3 is 94.6 Å². The van der Waals surface area contributed by atoms with Crippen molar-refractivity contribution in [3.63, 3.8) is 0 Å². The average Bonchev–Trinajstić information content (AvgIpc) is 3.60. The summed E-state index contributed by atoms with van der Waals surface area (Å²) in [5.41, 5.74) is 0.386. The molecule has 0 saturated heterocycles. The fraction of sp³-hybridized carbons (Fsp3) is 0.429. The van der Waals surface area contributed by atoms with Crippen LogP contribution in [0.4, 0.5) is 24.5 Å². The molecule has 2 heterocycles. The Balaban J connectivity index is 0.00000494. The third-order valence-corrected chi connectivity index (χ3v) is 16.6. The monoisotopic (exact) mass is 1150 g/mol. The predicted octanol–water partition coefficient (Wildman–Crippen LogP) is -1.45. The third kappa shape index (κ3) is 16.3. The Labute approximate surface area is 503 Å². The van der Waals surface area contributed by atoms with E-state index in [4.69, 9.17) is 0 Å². The van der Waals surface area contributed by atoms with Crippen LogP contribution >= 0.6 is 0 Å². The van der Waals surface area contributed by atoms with Gasteiger partial charge in [-0.3, -0.25) is 4.79 Å². The van der Waals surface area contributed by atoms with Crippen molar-refractivity contribution in [3.8, 4) is 0 Å². The maximum absolute atomic E-state index is 17.1. The summed E-state index contributed by atoms with van der Waals surface area (Å²) in [5.74, 6) is -6.07. The minimum absolute atomic E-state index is 0. The van der Waals surface area contributed by atoms with E-state index in [9.17, 15) is 61.8 Å². The van der Waals surface area contributed by atoms with Gasteiger partial charge in [0.15, 0.2) is 5.71 Å². The van der Waals surface area contributed by atoms with Gasteiger partial charge in [0.1, 0.15) is 44.2 Å². The molecule has 0 unspecified atom stereocenters. The van der Waals surface area contributed by atoms with E-state index < -0.39 is 107 Å². The summed E-state index contributed by atoms with van der Waals surface area (Å²) in [5, 5.41) is 9.17. The minimum atomic E-state index is -4.92. The van der Waals surface area contributed by atoms with Crippen LogP contribution in [0.1, 0.15) is 114 Å². The van der Waals surface area contributed by atoms with Crippen LogP contribution in [0.15, 0.2) is 93.4 Å². The van der Waals surface area contributed by atoms with Crippen LogP contribution in [0.5, 0.6) is 0 Å². The normalized spacial score (nSPS) is 17.5. The molecule has 1 aliphatic carbocycles. The molecule has 3 aromatic rings. The Hall–Kier alpha value is -2.01. The van der Waals surface area contributed by atoms with E-state index in [1.165, 1.54) is 24.3 Å². The summed E-state index contributed by atoms with van der Waals surface area (Å²) >= 11 is 0. The number of benzene rings is 3. The summed E-state index contributed by atoms with van der Waals surface area (Å²) in [6.45, 7) is 7.24. The van der Waals surface area contributed by atoms with E-state index in [0.717, 1.165) is 12.1 Å². The molecule has 3 aromatic carbocycles. The van der Waals surface area contributed by atoms with Gasteiger partial charge in [-0.2, -0.15) is 4.58 Å². The second-order valence-electron chi connectivity index (χ2n) is 19.1. The molecule has 0 saturated carbocycles. The molecular weight excluding hydrogens is 1090 g/mol. The molecule has 75 heavy (non-hydrogen) atoms. The summed E-state index contributed by atoms with van der Waals surface area (Å²) in [6, 6.07) is 8.19. The van der Waals surface area contributed by atoms with Crippen molar-refractivity contribution in [2.24, 2.45) is 0 Å². The maximum atomic E-state index is 17.1. The van der Waals surface area contributed by atoms with Crippen molar-refractivity contribution in [1.29, 1.82) is 0 Å². The molecule has 0 aromatic heterocycles. The molecule has 0 atom stereocenters.